The van der Waals surface area contributed by atoms with Crippen LogP contribution >= 0.6 is 0 Å². The Labute approximate surface area is 106 Å². The highest BCUT2D eigenvalue weighted by Crippen LogP contribution is 2.15. The quantitative estimate of drug-likeness (QED) is 0.479. The van der Waals surface area contributed by atoms with Crippen molar-refractivity contribution in [2.75, 3.05) is 6.61 Å². The lowest BCUT2D eigenvalue weighted by atomic mass is 10.1. The zero-order valence-corrected chi connectivity index (χ0v) is 10.6. The minimum absolute atomic E-state index is 0.116. The molecule has 1 aromatic carbocycles. The molecular formula is C13H18N2O3. The number of hydrogen-bond donors (Lipinski definition) is 2. The number of hydrazone groups is 1. The van der Waals surface area contributed by atoms with Crippen molar-refractivity contribution in [2.45, 2.75) is 26.7 Å². The number of benzene rings is 1. The SMILES string of the molecule is CCCCOC(=O)NN=Cc1cc(C)ccc1O. The van der Waals surface area contributed by atoms with E-state index in [0.717, 1.165) is 18.4 Å². The zero-order valence-electron chi connectivity index (χ0n) is 10.6. The van der Waals surface area contributed by atoms with Crippen LogP contribution in [0.5, 0.6) is 5.75 Å². The van der Waals surface area contributed by atoms with Gasteiger partial charge >= 0.3 is 6.09 Å². The number of aromatic hydroxyl groups is 1. The molecule has 0 aliphatic carbocycles. The Morgan fingerprint density at radius 3 is 3.06 bits per heavy atom. The number of phenolic OH excluding ortho intramolecular Hbond substituents is 1. The molecule has 0 aliphatic heterocycles. The van der Waals surface area contributed by atoms with Gasteiger partial charge < -0.3 is 9.84 Å². The fraction of sp³-hybridized carbons (Fsp3) is 0.385. The van der Waals surface area contributed by atoms with Crippen LogP contribution in [0.15, 0.2) is 23.3 Å². The Kier molecular flexibility index (Phi) is 5.70. The molecule has 0 spiro atoms. The first-order valence-corrected chi connectivity index (χ1v) is 5.89. The molecule has 18 heavy (non-hydrogen) atoms. The summed E-state index contributed by atoms with van der Waals surface area (Å²) in [5, 5.41) is 13.3. The van der Waals surface area contributed by atoms with Crippen LogP contribution in [0, 0.1) is 6.92 Å². The van der Waals surface area contributed by atoms with Crippen molar-refractivity contribution in [2.24, 2.45) is 5.10 Å². The van der Waals surface area contributed by atoms with Crippen LogP contribution in [0.1, 0.15) is 30.9 Å². The third-order valence-electron chi connectivity index (χ3n) is 2.27. The summed E-state index contributed by atoms with van der Waals surface area (Å²) in [6.07, 6.45) is 2.58. The van der Waals surface area contributed by atoms with Crippen molar-refractivity contribution in [3.05, 3.63) is 29.3 Å². The lowest BCUT2D eigenvalue weighted by molar-refractivity contribution is 0.145. The van der Waals surface area contributed by atoms with Crippen LogP contribution in [0.2, 0.25) is 0 Å². The summed E-state index contributed by atoms with van der Waals surface area (Å²) in [6.45, 7) is 4.30. The molecule has 1 amide bonds. The molecule has 1 rings (SSSR count). The van der Waals surface area contributed by atoms with Crippen molar-refractivity contribution >= 4 is 12.3 Å². The first-order chi connectivity index (χ1) is 8.63. The van der Waals surface area contributed by atoms with E-state index in [4.69, 9.17) is 4.74 Å². The lowest BCUT2D eigenvalue weighted by Crippen LogP contribution is -2.19. The maximum absolute atomic E-state index is 11.2. The summed E-state index contributed by atoms with van der Waals surface area (Å²) >= 11 is 0. The number of aryl methyl sites for hydroxylation is 1. The fourth-order valence-corrected chi connectivity index (χ4v) is 1.27. The highest BCUT2D eigenvalue weighted by Gasteiger charge is 2.00. The molecule has 0 saturated heterocycles. The number of carbonyl (C=O) groups excluding carboxylic acids is 1. The smallest absolute Gasteiger partial charge is 0.427 e. The largest absolute Gasteiger partial charge is 0.507 e. The van der Waals surface area contributed by atoms with Crippen LogP contribution in [0.3, 0.4) is 0 Å². The predicted molar refractivity (Wildman–Crippen MR) is 69.8 cm³/mol. The van der Waals surface area contributed by atoms with Gasteiger partial charge in [0.15, 0.2) is 0 Å². The monoisotopic (exact) mass is 250 g/mol. The Balaban J connectivity index is 2.44. The molecule has 0 bridgehead atoms. The fourth-order valence-electron chi connectivity index (χ4n) is 1.27. The average Bonchev–Trinajstić information content (AvgIpc) is 2.34. The first-order valence-electron chi connectivity index (χ1n) is 5.89. The van der Waals surface area contributed by atoms with Gasteiger partial charge in [0.25, 0.3) is 0 Å². The number of hydrogen-bond acceptors (Lipinski definition) is 4. The molecule has 0 aliphatic rings. The van der Waals surface area contributed by atoms with Crippen LogP contribution in [0.25, 0.3) is 0 Å². The number of unbranched alkanes of at least 4 members (excludes halogenated alkanes) is 1. The van der Waals surface area contributed by atoms with Gasteiger partial charge in [-0.15, -0.1) is 0 Å². The normalized spacial score (nSPS) is 10.6. The van der Waals surface area contributed by atoms with E-state index < -0.39 is 6.09 Å². The molecule has 0 radical (unpaired) electrons. The maximum atomic E-state index is 11.2. The third kappa shape index (κ3) is 4.86. The number of nitrogens with one attached hydrogen (secondary N) is 1. The average molecular weight is 250 g/mol. The van der Waals surface area contributed by atoms with Gasteiger partial charge in [-0.1, -0.05) is 25.0 Å². The second-order valence-corrected chi connectivity index (χ2v) is 3.92. The molecular weight excluding hydrogens is 232 g/mol. The van der Waals surface area contributed by atoms with Gasteiger partial charge in [-0.05, 0) is 25.5 Å². The van der Waals surface area contributed by atoms with Crippen LogP contribution in [0.4, 0.5) is 4.79 Å². The van der Waals surface area contributed by atoms with E-state index in [-0.39, 0.29) is 5.75 Å². The topological polar surface area (TPSA) is 70.9 Å². The van der Waals surface area contributed by atoms with Gasteiger partial charge in [0.1, 0.15) is 5.75 Å². The molecule has 1 aromatic rings. The van der Waals surface area contributed by atoms with Gasteiger partial charge in [-0.25, -0.2) is 10.2 Å². The zero-order chi connectivity index (χ0) is 13.4. The van der Waals surface area contributed by atoms with E-state index in [1.165, 1.54) is 6.21 Å². The predicted octanol–water partition coefficient (Wildman–Crippen LogP) is 2.56. The summed E-state index contributed by atoms with van der Waals surface area (Å²) in [4.78, 5) is 11.2. The Bertz CT molecular complexity index is 430. The minimum atomic E-state index is -0.591. The standard InChI is InChI=1S/C13H18N2O3/c1-3-4-7-18-13(17)15-14-9-11-8-10(2)5-6-12(11)16/h5-6,8-9,16H,3-4,7H2,1-2H3,(H,15,17). The van der Waals surface area contributed by atoms with Crippen molar-refractivity contribution in [1.82, 2.24) is 5.43 Å². The molecule has 0 heterocycles. The van der Waals surface area contributed by atoms with Crippen molar-refractivity contribution in [3.63, 3.8) is 0 Å². The van der Waals surface area contributed by atoms with Gasteiger partial charge in [0.05, 0.1) is 12.8 Å². The molecule has 0 fully saturated rings. The van der Waals surface area contributed by atoms with Gasteiger partial charge in [-0.3, -0.25) is 0 Å². The van der Waals surface area contributed by atoms with E-state index in [2.05, 4.69) is 10.5 Å². The number of phenols is 1. The lowest BCUT2D eigenvalue weighted by Gasteiger charge is -2.02. The van der Waals surface area contributed by atoms with E-state index in [0.29, 0.717) is 12.2 Å². The highest BCUT2D eigenvalue weighted by molar-refractivity contribution is 5.84. The van der Waals surface area contributed by atoms with Crippen molar-refractivity contribution in [3.8, 4) is 5.75 Å². The van der Waals surface area contributed by atoms with Crippen LogP contribution in [-0.4, -0.2) is 24.0 Å². The van der Waals surface area contributed by atoms with Crippen LogP contribution in [-0.2, 0) is 4.74 Å². The number of amides is 1. The molecule has 0 atom stereocenters. The maximum Gasteiger partial charge on any atom is 0.427 e. The number of nitrogens with zero attached hydrogens (tertiary/aromatic N) is 1. The number of rotatable bonds is 5. The number of ether oxygens (including phenoxy) is 1. The summed E-state index contributed by atoms with van der Waals surface area (Å²) in [7, 11) is 0. The molecule has 5 nitrogen and oxygen atoms in total. The highest BCUT2D eigenvalue weighted by atomic mass is 16.5. The van der Waals surface area contributed by atoms with E-state index in [1.807, 2.05) is 13.8 Å². The molecule has 5 heteroatoms. The first kappa shape index (κ1) is 14.0. The molecule has 98 valence electrons. The summed E-state index contributed by atoms with van der Waals surface area (Å²) in [5.74, 6) is 0.116. The van der Waals surface area contributed by atoms with Crippen molar-refractivity contribution in [1.29, 1.82) is 0 Å². The van der Waals surface area contributed by atoms with Gasteiger partial charge in [0.2, 0.25) is 0 Å². The summed E-state index contributed by atoms with van der Waals surface area (Å²) in [5.41, 5.74) is 3.78. The summed E-state index contributed by atoms with van der Waals surface area (Å²) < 4.78 is 4.85. The van der Waals surface area contributed by atoms with Crippen LogP contribution < -0.4 is 5.43 Å². The molecule has 0 unspecified atom stereocenters. The molecule has 0 aromatic heterocycles. The third-order valence-corrected chi connectivity index (χ3v) is 2.27. The van der Waals surface area contributed by atoms with E-state index in [9.17, 15) is 9.90 Å². The second kappa shape index (κ2) is 7.32. The molecule has 2 N–H and O–H groups in total. The molecule has 0 saturated carbocycles. The van der Waals surface area contributed by atoms with Gasteiger partial charge in [-0.2, -0.15) is 5.10 Å². The summed E-state index contributed by atoms with van der Waals surface area (Å²) in [6, 6.07) is 5.14. The van der Waals surface area contributed by atoms with Crippen molar-refractivity contribution < 1.29 is 14.6 Å². The Morgan fingerprint density at radius 1 is 1.56 bits per heavy atom. The Hall–Kier alpha value is -2.04. The Morgan fingerprint density at radius 2 is 2.33 bits per heavy atom. The van der Waals surface area contributed by atoms with Gasteiger partial charge in [0, 0.05) is 5.56 Å². The van der Waals surface area contributed by atoms with E-state index in [1.54, 1.807) is 18.2 Å². The number of carbonyl (C=O) groups is 1. The van der Waals surface area contributed by atoms with E-state index >= 15 is 0 Å². The minimum Gasteiger partial charge on any atom is -0.507 e. The second-order valence-electron chi connectivity index (χ2n) is 3.92.